The Morgan fingerprint density at radius 1 is 1.19 bits per heavy atom. The highest BCUT2D eigenvalue weighted by atomic mass is 32.1. The van der Waals surface area contributed by atoms with Crippen LogP contribution in [0.3, 0.4) is 0 Å². The maximum Gasteiger partial charge on any atom is 0.261 e. The number of aryl methyl sites for hydroxylation is 2. The molecular weight excluding hydrogens is 346 g/mol. The molecule has 2 aromatic heterocycles. The van der Waals surface area contributed by atoms with Crippen molar-refractivity contribution in [3.8, 4) is 11.5 Å². The highest BCUT2D eigenvalue weighted by molar-refractivity contribution is 7.15. The van der Waals surface area contributed by atoms with Crippen molar-refractivity contribution in [3.05, 3.63) is 64.8 Å². The van der Waals surface area contributed by atoms with Gasteiger partial charge in [0, 0.05) is 1.43 Å². The zero-order valence-corrected chi connectivity index (χ0v) is 15.3. The number of hydrogen-bond acceptors (Lipinski definition) is 5. The standard InChI is InChI=1S/C20H17N3O2S.H2/c1-12-11-26-20(18(12)19-21-13(2)23-25-19)22-17(24)10-15-8-5-7-14-6-3-4-9-16(14)15;/h3-9,11H,10H2,1-2H3,(H,22,24);1H. The van der Waals surface area contributed by atoms with Gasteiger partial charge in [-0.3, -0.25) is 4.79 Å². The normalized spacial score (nSPS) is 11.0. The molecule has 132 valence electrons. The highest BCUT2D eigenvalue weighted by Crippen LogP contribution is 2.36. The van der Waals surface area contributed by atoms with Crippen molar-refractivity contribution in [3.63, 3.8) is 0 Å². The molecule has 0 atom stereocenters. The van der Waals surface area contributed by atoms with Gasteiger partial charge in [0.2, 0.25) is 5.91 Å². The van der Waals surface area contributed by atoms with Gasteiger partial charge in [-0.15, -0.1) is 11.3 Å². The summed E-state index contributed by atoms with van der Waals surface area (Å²) >= 11 is 1.46. The first-order valence-corrected chi connectivity index (χ1v) is 9.15. The van der Waals surface area contributed by atoms with E-state index >= 15 is 0 Å². The first kappa shape index (κ1) is 16.5. The Morgan fingerprint density at radius 2 is 2.00 bits per heavy atom. The lowest BCUT2D eigenvalue weighted by molar-refractivity contribution is -0.115. The van der Waals surface area contributed by atoms with Gasteiger partial charge in [0.25, 0.3) is 5.89 Å². The number of amides is 1. The number of nitrogens with one attached hydrogen (secondary N) is 1. The highest BCUT2D eigenvalue weighted by Gasteiger charge is 2.19. The summed E-state index contributed by atoms with van der Waals surface area (Å²) in [6, 6.07) is 14.1. The number of aromatic nitrogens is 2. The van der Waals surface area contributed by atoms with Crippen molar-refractivity contribution in [2.75, 3.05) is 5.32 Å². The fourth-order valence-electron chi connectivity index (χ4n) is 2.99. The van der Waals surface area contributed by atoms with E-state index in [2.05, 4.69) is 27.6 Å². The lowest BCUT2D eigenvalue weighted by Gasteiger charge is -2.08. The first-order valence-electron chi connectivity index (χ1n) is 8.27. The van der Waals surface area contributed by atoms with Crippen LogP contribution in [-0.4, -0.2) is 16.0 Å². The molecule has 4 rings (SSSR count). The molecule has 0 unspecified atom stereocenters. The number of benzene rings is 2. The second kappa shape index (κ2) is 6.72. The van der Waals surface area contributed by atoms with Crippen molar-refractivity contribution >= 4 is 33.0 Å². The summed E-state index contributed by atoms with van der Waals surface area (Å²) < 4.78 is 5.28. The van der Waals surface area contributed by atoms with Gasteiger partial charge in [0.1, 0.15) is 5.00 Å². The van der Waals surface area contributed by atoms with Crippen LogP contribution in [0.15, 0.2) is 52.4 Å². The monoisotopic (exact) mass is 365 g/mol. The van der Waals surface area contributed by atoms with Crippen LogP contribution in [0.5, 0.6) is 0 Å². The largest absolute Gasteiger partial charge is 0.334 e. The van der Waals surface area contributed by atoms with E-state index in [0.717, 1.165) is 32.5 Å². The molecule has 2 heterocycles. The van der Waals surface area contributed by atoms with E-state index in [0.29, 0.717) is 18.1 Å². The topological polar surface area (TPSA) is 68.0 Å². The van der Waals surface area contributed by atoms with Crippen LogP contribution in [0.1, 0.15) is 18.4 Å². The summed E-state index contributed by atoms with van der Waals surface area (Å²) in [4.78, 5) is 16.9. The summed E-state index contributed by atoms with van der Waals surface area (Å²) in [6.45, 7) is 3.74. The van der Waals surface area contributed by atoms with E-state index in [1.54, 1.807) is 6.92 Å². The van der Waals surface area contributed by atoms with E-state index < -0.39 is 0 Å². The predicted octanol–water partition coefficient (Wildman–Crippen LogP) is 5.00. The molecule has 2 aromatic carbocycles. The number of nitrogens with zero attached hydrogens (tertiary/aromatic N) is 2. The fourth-order valence-corrected chi connectivity index (χ4v) is 3.94. The second-order valence-electron chi connectivity index (χ2n) is 6.13. The summed E-state index contributed by atoms with van der Waals surface area (Å²) in [5, 5.41) is 11.8. The van der Waals surface area contributed by atoms with E-state index in [4.69, 9.17) is 4.52 Å². The zero-order valence-electron chi connectivity index (χ0n) is 14.4. The van der Waals surface area contributed by atoms with Crippen molar-refractivity contribution in [2.24, 2.45) is 0 Å². The van der Waals surface area contributed by atoms with Gasteiger partial charge in [0.05, 0.1) is 12.0 Å². The SMILES string of the molecule is Cc1noc(-c2c(C)csc2NC(=O)Cc2cccc3ccccc23)n1.[HH]. The maximum atomic E-state index is 12.7. The van der Waals surface area contributed by atoms with Crippen LogP contribution >= 0.6 is 11.3 Å². The lowest BCUT2D eigenvalue weighted by Crippen LogP contribution is -2.14. The van der Waals surface area contributed by atoms with E-state index in [-0.39, 0.29) is 7.33 Å². The van der Waals surface area contributed by atoms with Gasteiger partial charge in [-0.1, -0.05) is 47.6 Å². The van der Waals surface area contributed by atoms with Crippen molar-refractivity contribution in [1.82, 2.24) is 10.1 Å². The Morgan fingerprint density at radius 3 is 2.81 bits per heavy atom. The third kappa shape index (κ3) is 3.11. The van der Waals surface area contributed by atoms with Crippen LogP contribution in [0, 0.1) is 13.8 Å². The third-order valence-electron chi connectivity index (χ3n) is 4.20. The molecule has 6 heteroatoms. The molecule has 5 nitrogen and oxygen atoms in total. The number of fused-ring (bicyclic) bond motifs is 1. The maximum absolute atomic E-state index is 12.7. The molecule has 0 radical (unpaired) electrons. The van der Waals surface area contributed by atoms with Gasteiger partial charge in [0.15, 0.2) is 5.82 Å². The van der Waals surface area contributed by atoms with Crippen molar-refractivity contribution < 1.29 is 10.7 Å². The molecule has 0 saturated heterocycles. The van der Waals surface area contributed by atoms with Gasteiger partial charge in [-0.25, -0.2) is 0 Å². The molecule has 0 bridgehead atoms. The molecule has 1 N–H and O–H groups in total. The Bertz CT molecular complexity index is 1100. The molecule has 0 aliphatic heterocycles. The van der Waals surface area contributed by atoms with Gasteiger partial charge >= 0.3 is 0 Å². The van der Waals surface area contributed by atoms with Crippen molar-refractivity contribution in [2.45, 2.75) is 20.3 Å². The Kier molecular flexibility index (Phi) is 4.26. The summed E-state index contributed by atoms with van der Waals surface area (Å²) in [5.41, 5.74) is 2.80. The van der Waals surface area contributed by atoms with Gasteiger partial charge in [-0.2, -0.15) is 4.98 Å². The molecule has 0 aliphatic rings. The van der Waals surface area contributed by atoms with E-state index in [9.17, 15) is 4.79 Å². The van der Waals surface area contributed by atoms with Crippen LogP contribution < -0.4 is 5.32 Å². The van der Waals surface area contributed by atoms with Gasteiger partial charge in [-0.05, 0) is 41.1 Å². The molecule has 0 saturated carbocycles. The second-order valence-corrected chi connectivity index (χ2v) is 7.01. The van der Waals surface area contributed by atoms with E-state index in [1.807, 2.05) is 42.6 Å². The van der Waals surface area contributed by atoms with Crippen LogP contribution in [-0.2, 0) is 11.2 Å². The minimum Gasteiger partial charge on any atom is -0.334 e. The summed E-state index contributed by atoms with van der Waals surface area (Å²) in [6.07, 6.45) is 0.306. The van der Waals surface area contributed by atoms with Crippen LogP contribution in [0.4, 0.5) is 5.00 Å². The molecule has 1 amide bonds. The Balaban J connectivity index is 0.00000210. The molecule has 0 aliphatic carbocycles. The molecule has 4 aromatic rings. The minimum atomic E-state index is -0.0688. The van der Waals surface area contributed by atoms with Gasteiger partial charge < -0.3 is 9.84 Å². The smallest absolute Gasteiger partial charge is 0.261 e. The molecule has 0 fully saturated rings. The number of rotatable bonds is 4. The number of carbonyl (C=O) groups excluding carboxylic acids is 1. The fraction of sp³-hybridized carbons (Fsp3) is 0.150. The average molecular weight is 365 g/mol. The van der Waals surface area contributed by atoms with E-state index in [1.165, 1.54) is 11.3 Å². The quantitative estimate of drug-likeness (QED) is 0.553. The summed E-state index contributed by atoms with van der Waals surface area (Å²) in [7, 11) is 0. The first-order chi connectivity index (χ1) is 12.6. The predicted molar refractivity (Wildman–Crippen MR) is 105 cm³/mol. The zero-order chi connectivity index (χ0) is 18.1. The third-order valence-corrected chi connectivity index (χ3v) is 5.21. The minimum absolute atomic E-state index is 0. The molecule has 0 spiro atoms. The Labute approximate surface area is 156 Å². The lowest BCUT2D eigenvalue weighted by atomic mass is 10.0. The number of thiophene rings is 1. The number of hydrogen-bond donors (Lipinski definition) is 1. The number of carbonyl (C=O) groups is 1. The average Bonchev–Trinajstić information content (AvgIpc) is 3.20. The Hall–Kier alpha value is -2.99. The number of anilines is 1. The van der Waals surface area contributed by atoms with Crippen LogP contribution in [0.25, 0.3) is 22.2 Å². The van der Waals surface area contributed by atoms with Crippen LogP contribution in [0.2, 0.25) is 0 Å². The molecule has 26 heavy (non-hydrogen) atoms. The molecular formula is C20H19N3O2S. The van der Waals surface area contributed by atoms with Crippen molar-refractivity contribution in [1.29, 1.82) is 0 Å². The summed E-state index contributed by atoms with van der Waals surface area (Å²) in [5.74, 6) is 0.932.